The van der Waals surface area contributed by atoms with Gasteiger partial charge in [-0.3, -0.25) is 10.1 Å². The van der Waals surface area contributed by atoms with Crippen LogP contribution in [0.5, 0.6) is 5.75 Å². The number of amides is 3. The second-order valence-corrected chi connectivity index (χ2v) is 4.28. The fraction of sp³-hybridized carbons (Fsp3) is 0.429. The Morgan fingerprint density at radius 3 is 2.45 bits per heavy atom. The first kappa shape index (κ1) is 16.0. The average Bonchev–Trinajstić information content (AvgIpc) is 2.41. The smallest absolute Gasteiger partial charge is 0.321 e. The summed E-state index contributed by atoms with van der Waals surface area (Å²) >= 11 is 0. The van der Waals surface area contributed by atoms with Crippen LogP contribution in [0.3, 0.4) is 0 Å². The Kier molecular flexibility index (Phi) is 6.52. The minimum Gasteiger partial charge on any atom is -0.481 e. The Hall–Kier alpha value is -2.08. The van der Waals surface area contributed by atoms with Crippen LogP contribution in [0.4, 0.5) is 4.79 Å². The Morgan fingerprint density at radius 2 is 1.90 bits per heavy atom. The van der Waals surface area contributed by atoms with E-state index in [-0.39, 0.29) is 0 Å². The fourth-order valence-corrected chi connectivity index (χ4v) is 1.57. The first-order valence-electron chi connectivity index (χ1n) is 6.55. The molecule has 1 rings (SSSR count). The van der Waals surface area contributed by atoms with Crippen LogP contribution in [0.2, 0.25) is 0 Å². The molecule has 110 valence electrons. The number of urea groups is 1. The largest absolute Gasteiger partial charge is 0.481 e. The van der Waals surface area contributed by atoms with E-state index in [0.717, 1.165) is 12.1 Å². The SMILES string of the molecule is CCNC(=O)NC(=O)C(C)Oc1ccc(CNC)cc1. The minimum atomic E-state index is -0.743. The first-order chi connectivity index (χ1) is 9.56. The van der Waals surface area contributed by atoms with Gasteiger partial charge in [-0.15, -0.1) is 0 Å². The van der Waals surface area contributed by atoms with Crippen molar-refractivity contribution in [1.29, 1.82) is 0 Å². The minimum absolute atomic E-state index is 0.460. The molecule has 0 aliphatic rings. The summed E-state index contributed by atoms with van der Waals surface area (Å²) in [6, 6.07) is 6.91. The molecule has 0 fully saturated rings. The normalized spacial score (nSPS) is 11.6. The molecule has 3 N–H and O–H groups in total. The van der Waals surface area contributed by atoms with Crippen LogP contribution in [0.25, 0.3) is 0 Å². The van der Waals surface area contributed by atoms with Crippen molar-refractivity contribution in [2.45, 2.75) is 26.5 Å². The summed E-state index contributed by atoms with van der Waals surface area (Å²) in [6.07, 6.45) is -0.743. The zero-order valence-corrected chi connectivity index (χ0v) is 12.0. The Bertz CT molecular complexity index is 445. The predicted octanol–water partition coefficient (Wildman–Crippen LogP) is 1.02. The summed E-state index contributed by atoms with van der Waals surface area (Å²) in [7, 11) is 1.87. The molecule has 6 nitrogen and oxygen atoms in total. The van der Waals surface area contributed by atoms with Crippen LogP contribution in [-0.2, 0) is 11.3 Å². The summed E-state index contributed by atoms with van der Waals surface area (Å²) in [6.45, 7) is 4.60. The van der Waals surface area contributed by atoms with E-state index in [0.29, 0.717) is 12.3 Å². The van der Waals surface area contributed by atoms with Gasteiger partial charge in [-0.1, -0.05) is 12.1 Å². The molecule has 0 aromatic heterocycles. The predicted molar refractivity (Wildman–Crippen MR) is 76.5 cm³/mol. The Labute approximate surface area is 118 Å². The molecule has 0 bridgehead atoms. The van der Waals surface area contributed by atoms with Gasteiger partial charge in [0, 0.05) is 13.1 Å². The van der Waals surface area contributed by atoms with E-state index in [1.165, 1.54) is 0 Å². The summed E-state index contributed by atoms with van der Waals surface area (Å²) < 4.78 is 5.48. The van der Waals surface area contributed by atoms with Gasteiger partial charge in [0.2, 0.25) is 0 Å². The number of nitrogens with one attached hydrogen (secondary N) is 3. The summed E-state index contributed by atoms with van der Waals surface area (Å²) in [4.78, 5) is 22.9. The van der Waals surface area contributed by atoms with Crippen LogP contribution < -0.4 is 20.7 Å². The quantitative estimate of drug-likeness (QED) is 0.726. The van der Waals surface area contributed by atoms with Crippen molar-refractivity contribution in [3.8, 4) is 5.75 Å². The van der Waals surface area contributed by atoms with E-state index < -0.39 is 18.0 Å². The lowest BCUT2D eigenvalue weighted by atomic mass is 10.2. The van der Waals surface area contributed by atoms with E-state index in [1.54, 1.807) is 26.0 Å². The van der Waals surface area contributed by atoms with E-state index in [4.69, 9.17) is 4.74 Å². The fourth-order valence-electron chi connectivity index (χ4n) is 1.57. The molecule has 0 saturated heterocycles. The van der Waals surface area contributed by atoms with E-state index in [2.05, 4.69) is 16.0 Å². The molecule has 0 saturated carbocycles. The second kappa shape index (κ2) is 8.16. The van der Waals surface area contributed by atoms with Gasteiger partial charge in [0.15, 0.2) is 6.10 Å². The molecule has 0 spiro atoms. The number of hydrogen-bond donors (Lipinski definition) is 3. The topological polar surface area (TPSA) is 79.5 Å². The van der Waals surface area contributed by atoms with Crippen molar-refractivity contribution >= 4 is 11.9 Å². The van der Waals surface area contributed by atoms with Crippen LogP contribution >= 0.6 is 0 Å². The van der Waals surface area contributed by atoms with Crippen molar-refractivity contribution in [3.05, 3.63) is 29.8 Å². The van der Waals surface area contributed by atoms with Gasteiger partial charge in [0.05, 0.1) is 0 Å². The van der Waals surface area contributed by atoms with Crippen molar-refractivity contribution in [2.75, 3.05) is 13.6 Å². The molecule has 6 heteroatoms. The van der Waals surface area contributed by atoms with Crippen LogP contribution in [-0.4, -0.2) is 31.6 Å². The summed E-state index contributed by atoms with van der Waals surface area (Å²) in [5.41, 5.74) is 1.12. The van der Waals surface area contributed by atoms with Gasteiger partial charge < -0.3 is 15.4 Å². The van der Waals surface area contributed by atoms with Gasteiger partial charge in [-0.2, -0.15) is 0 Å². The summed E-state index contributed by atoms with van der Waals surface area (Å²) in [5, 5.41) is 7.74. The standard InChI is InChI=1S/C14H21N3O3/c1-4-16-14(19)17-13(18)10(2)20-12-7-5-11(6-8-12)9-15-3/h5-8,10,15H,4,9H2,1-3H3,(H2,16,17,18,19). The van der Waals surface area contributed by atoms with E-state index in [9.17, 15) is 9.59 Å². The molecule has 0 heterocycles. The number of carbonyl (C=O) groups is 2. The lowest BCUT2D eigenvalue weighted by Gasteiger charge is -2.14. The zero-order chi connectivity index (χ0) is 15.0. The molecular weight excluding hydrogens is 258 g/mol. The average molecular weight is 279 g/mol. The number of benzene rings is 1. The summed E-state index contributed by atoms with van der Waals surface area (Å²) in [5.74, 6) is 0.110. The first-order valence-corrected chi connectivity index (χ1v) is 6.55. The molecule has 3 amide bonds. The highest BCUT2D eigenvalue weighted by atomic mass is 16.5. The Morgan fingerprint density at radius 1 is 1.25 bits per heavy atom. The second-order valence-electron chi connectivity index (χ2n) is 4.28. The number of hydrogen-bond acceptors (Lipinski definition) is 4. The third-order valence-corrected chi connectivity index (χ3v) is 2.56. The molecule has 1 aromatic carbocycles. The third kappa shape index (κ3) is 5.27. The Balaban J connectivity index is 2.50. The maximum atomic E-state index is 11.7. The number of rotatable bonds is 6. The van der Waals surface area contributed by atoms with Crippen molar-refractivity contribution < 1.29 is 14.3 Å². The molecule has 1 atom stereocenters. The molecule has 0 aliphatic carbocycles. The molecule has 0 radical (unpaired) electrons. The molecular formula is C14H21N3O3. The number of carbonyl (C=O) groups excluding carboxylic acids is 2. The maximum Gasteiger partial charge on any atom is 0.321 e. The molecule has 0 aliphatic heterocycles. The van der Waals surface area contributed by atoms with Crippen molar-refractivity contribution in [3.63, 3.8) is 0 Å². The number of imide groups is 1. The molecule has 1 aromatic rings. The van der Waals surface area contributed by atoms with Gasteiger partial charge in [0.25, 0.3) is 5.91 Å². The van der Waals surface area contributed by atoms with Crippen molar-refractivity contribution in [1.82, 2.24) is 16.0 Å². The molecule has 1 unspecified atom stereocenters. The van der Waals surface area contributed by atoms with Crippen LogP contribution in [0, 0.1) is 0 Å². The van der Waals surface area contributed by atoms with Crippen LogP contribution in [0.15, 0.2) is 24.3 Å². The zero-order valence-electron chi connectivity index (χ0n) is 12.0. The lowest BCUT2D eigenvalue weighted by Crippen LogP contribution is -2.45. The van der Waals surface area contributed by atoms with Gasteiger partial charge >= 0.3 is 6.03 Å². The van der Waals surface area contributed by atoms with Gasteiger partial charge in [0.1, 0.15) is 5.75 Å². The van der Waals surface area contributed by atoms with Gasteiger partial charge in [-0.25, -0.2) is 4.79 Å². The lowest BCUT2D eigenvalue weighted by molar-refractivity contribution is -0.126. The highest BCUT2D eigenvalue weighted by Crippen LogP contribution is 2.13. The molecule has 20 heavy (non-hydrogen) atoms. The monoisotopic (exact) mass is 279 g/mol. The van der Waals surface area contributed by atoms with E-state index in [1.807, 2.05) is 19.2 Å². The third-order valence-electron chi connectivity index (χ3n) is 2.56. The van der Waals surface area contributed by atoms with Crippen LogP contribution in [0.1, 0.15) is 19.4 Å². The van der Waals surface area contributed by atoms with Gasteiger partial charge in [-0.05, 0) is 38.6 Å². The van der Waals surface area contributed by atoms with E-state index >= 15 is 0 Å². The highest BCUT2D eigenvalue weighted by molar-refractivity contribution is 5.96. The highest BCUT2D eigenvalue weighted by Gasteiger charge is 2.16. The maximum absolute atomic E-state index is 11.7. The number of ether oxygens (including phenoxy) is 1. The van der Waals surface area contributed by atoms with Crippen molar-refractivity contribution in [2.24, 2.45) is 0 Å².